The quantitative estimate of drug-likeness (QED) is 0.115. The summed E-state index contributed by atoms with van der Waals surface area (Å²) >= 11 is 0. The molecule has 4 aromatic heterocycles. The SMILES string of the molecule is [Ir+3].[c-]1cc(-c2ccccc2-c2cc(CCc3c[c-]c4c(ccn5ccnc45)c3)cc(-c3ccccc3-c3c[c-]c(-c4ccccn4)cc3-c3ccc(-c4cccc(-c5ccccc5)c4)cc3)c2)ccc1-c1ccccn1. The maximum absolute atomic E-state index is 4.76. The van der Waals surface area contributed by atoms with Crippen LogP contribution in [0.2, 0.25) is 0 Å². The molecule has 0 aliphatic carbocycles. The predicted molar refractivity (Wildman–Crippen MR) is 308 cm³/mol. The van der Waals surface area contributed by atoms with E-state index in [1.54, 1.807) is 0 Å². The number of hydrogen-bond donors (Lipinski definition) is 0. The number of pyridine rings is 3. The van der Waals surface area contributed by atoms with Gasteiger partial charge in [-0.2, -0.15) is 0 Å². The fraction of sp³-hybridized carbons (Fsp3) is 0.0282. The Kier molecular flexibility index (Phi) is 13.5. The number of fused-ring (bicyclic) bond motifs is 3. The van der Waals surface area contributed by atoms with Crippen molar-refractivity contribution in [2.24, 2.45) is 0 Å². The van der Waals surface area contributed by atoms with Crippen molar-refractivity contribution in [2.75, 3.05) is 0 Å². The van der Waals surface area contributed by atoms with Crippen LogP contribution in [0.25, 0.3) is 117 Å². The molecule has 13 rings (SSSR count). The van der Waals surface area contributed by atoms with Crippen molar-refractivity contribution >= 4 is 16.4 Å². The van der Waals surface area contributed by atoms with E-state index in [4.69, 9.17) is 4.98 Å². The van der Waals surface area contributed by atoms with Crippen LogP contribution in [0, 0.1) is 18.2 Å². The van der Waals surface area contributed by atoms with Gasteiger partial charge in [0.15, 0.2) is 0 Å². The van der Waals surface area contributed by atoms with Crippen LogP contribution in [-0.4, -0.2) is 19.4 Å². The van der Waals surface area contributed by atoms with Gasteiger partial charge in [0.1, 0.15) is 0 Å². The zero-order valence-electron chi connectivity index (χ0n) is 41.4. The maximum Gasteiger partial charge on any atom is 3.00 e. The van der Waals surface area contributed by atoms with Gasteiger partial charge in [-0.3, -0.25) is 4.98 Å². The fourth-order valence-corrected chi connectivity index (χ4v) is 10.5. The minimum Gasteiger partial charge on any atom is -0.347 e. The molecule has 0 bridgehead atoms. The van der Waals surface area contributed by atoms with Gasteiger partial charge in [-0.15, -0.1) is 88.1 Å². The summed E-state index contributed by atoms with van der Waals surface area (Å²) in [7, 11) is 0. The second-order valence-electron chi connectivity index (χ2n) is 18.9. The molecule has 9 aromatic carbocycles. The monoisotopic (exact) mass is 1150 g/mol. The van der Waals surface area contributed by atoms with Crippen LogP contribution in [0.5, 0.6) is 0 Å². The Balaban J connectivity index is 0.00000582. The van der Waals surface area contributed by atoms with Gasteiger partial charge >= 0.3 is 20.1 Å². The first-order valence-corrected chi connectivity index (χ1v) is 25.4. The van der Waals surface area contributed by atoms with Crippen molar-refractivity contribution in [2.45, 2.75) is 12.8 Å². The fourth-order valence-electron chi connectivity index (χ4n) is 10.5. The van der Waals surface area contributed by atoms with Gasteiger partial charge in [-0.1, -0.05) is 198 Å². The number of nitrogens with zero attached hydrogens (tertiary/aromatic N) is 4. The Hall–Kier alpha value is -9.12. The third-order valence-electron chi connectivity index (χ3n) is 14.3. The van der Waals surface area contributed by atoms with E-state index in [1.165, 1.54) is 27.8 Å². The van der Waals surface area contributed by atoms with Gasteiger partial charge in [0.2, 0.25) is 0 Å². The summed E-state index contributed by atoms with van der Waals surface area (Å²) in [4.78, 5) is 14.0. The Morgan fingerprint density at radius 2 is 0.908 bits per heavy atom. The summed E-state index contributed by atoms with van der Waals surface area (Å²) < 4.78 is 2.05. The van der Waals surface area contributed by atoms with E-state index >= 15 is 0 Å². The first kappa shape index (κ1) is 47.9. The number of aromatic nitrogens is 4. The molecule has 4 nitrogen and oxygen atoms in total. The summed E-state index contributed by atoms with van der Waals surface area (Å²) in [5.74, 6) is 0. The Morgan fingerprint density at radius 1 is 0.329 bits per heavy atom. The minimum absolute atomic E-state index is 0. The Morgan fingerprint density at radius 3 is 1.61 bits per heavy atom. The van der Waals surface area contributed by atoms with Crippen LogP contribution in [-0.2, 0) is 32.9 Å². The molecule has 0 aliphatic rings. The summed E-state index contributed by atoms with van der Waals surface area (Å²) in [5.41, 5.74) is 23.1. The number of hydrogen-bond acceptors (Lipinski definition) is 3. The molecule has 0 N–H and O–H groups in total. The number of imidazole rings is 1. The largest absolute Gasteiger partial charge is 3.00 e. The molecule has 0 saturated heterocycles. The van der Waals surface area contributed by atoms with E-state index in [1.807, 2.05) is 59.5 Å². The third kappa shape index (κ3) is 9.74. The molecule has 4 heterocycles. The summed E-state index contributed by atoms with van der Waals surface area (Å²) in [5, 5.41) is 2.17. The Labute approximate surface area is 457 Å². The molecule has 0 spiro atoms. The molecule has 0 radical (unpaired) electrons. The standard InChI is InChI=1S/C71H47N4.Ir/c1-2-13-51(14-3-1)56-15-12-16-57(46-56)52-26-28-54(29-27-52)68-48-59(70-22-9-11-39-73-70)34-36-67(68)66-20-7-6-19-64(66)61-45-50(24-23-49-25-35-65-58(43-49)37-41-75-42-40-74-71(65)75)44-60(47-61)63-18-5-4-17-62(63)53-30-32-55(33-31-53)69-21-8-10-38-72-69;/h1-22,25-32,36-48H,23-24H2;/q-3;+3. The van der Waals surface area contributed by atoms with Gasteiger partial charge in [0, 0.05) is 24.8 Å². The number of rotatable bonds is 12. The Bertz CT molecular complexity index is 4150. The van der Waals surface area contributed by atoms with E-state index < -0.39 is 0 Å². The third-order valence-corrected chi connectivity index (χ3v) is 14.3. The average molecular weight is 1150 g/mol. The van der Waals surface area contributed by atoms with Crippen molar-refractivity contribution in [3.8, 4) is 100 Å². The van der Waals surface area contributed by atoms with E-state index in [0.717, 1.165) is 113 Å². The van der Waals surface area contributed by atoms with Gasteiger partial charge < -0.3 is 14.4 Å². The second kappa shape index (κ2) is 21.4. The predicted octanol–water partition coefficient (Wildman–Crippen LogP) is 17.5. The first-order chi connectivity index (χ1) is 37.1. The zero-order valence-corrected chi connectivity index (χ0v) is 43.8. The topological polar surface area (TPSA) is 43.1 Å². The van der Waals surface area contributed by atoms with Crippen LogP contribution >= 0.6 is 0 Å². The molecule has 0 unspecified atom stereocenters. The summed E-state index contributed by atoms with van der Waals surface area (Å²) in [6, 6.07) is 93.3. The molecule has 13 aromatic rings. The van der Waals surface area contributed by atoms with Crippen LogP contribution < -0.4 is 0 Å². The molecule has 0 amide bonds. The van der Waals surface area contributed by atoms with Gasteiger partial charge in [0.25, 0.3) is 0 Å². The molecule has 0 fully saturated rings. The van der Waals surface area contributed by atoms with E-state index in [-0.39, 0.29) is 20.1 Å². The second-order valence-corrected chi connectivity index (χ2v) is 18.9. The van der Waals surface area contributed by atoms with Crippen LogP contribution in [0.3, 0.4) is 0 Å². The molecule has 0 saturated carbocycles. The van der Waals surface area contributed by atoms with Crippen LogP contribution in [0.15, 0.2) is 262 Å². The van der Waals surface area contributed by atoms with Crippen molar-refractivity contribution in [1.82, 2.24) is 19.4 Å². The van der Waals surface area contributed by atoms with Crippen LogP contribution in [0.1, 0.15) is 11.1 Å². The smallest absolute Gasteiger partial charge is 0.347 e. The molecular formula is C71H47IrN4. The minimum atomic E-state index is 0. The molecule has 76 heavy (non-hydrogen) atoms. The zero-order chi connectivity index (χ0) is 49.9. The number of benzene rings is 9. The number of aryl methyl sites for hydroxylation is 2. The molecule has 5 heteroatoms. The normalized spacial score (nSPS) is 11.2. The first-order valence-electron chi connectivity index (χ1n) is 25.4. The molecule has 360 valence electrons. The van der Waals surface area contributed by atoms with Gasteiger partial charge in [-0.05, 0) is 104 Å². The summed E-state index contributed by atoms with van der Waals surface area (Å²) in [6.07, 6.45) is 11.3. The molecule has 0 atom stereocenters. The molecular weight excluding hydrogens is 1100 g/mol. The maximum atomic E-state index is 4.76. The van der Waals surface area contributed by atoms with Gasteiger partial charge in [-0.25, -0.2) is 0 Å². The van der Waals surface area contributed by atoms with E-state index in [0.29, 0.717) is 0 Å². The van der Waals surface area contributed by atoms with Crippen molar-refractivity contribution in [1.29, 1.82) is 0 Å². The van der Waals surface area contributed by atoms with Crippen molar-refractivity contribution in [3.05, 3.63) is 291 Å². The van der Waals surface area contributed by atoms with Crippen LogP contribution in [0.4, 0.5) is 0 Å². The molecule has 0 aliphatic heterocycles. The summed E-state index contributed by atoms with van der Waals surface area (Å²) in [6.45, 7) is 0. The van der Waals surface area contributed by atoms with E-state index in [9.17, 15) is 0 Å². The van der Waals surface area contributed by atoms with E-state index in [2.05, 4.69) is 235 Å². The average Bonchev–Trinajstić information content (AvgIpc) is 4.02. The van der Waals surface area contributed by atoms with Crippen molar-refractivity contribution < 1.29 is 20.1 Å². The van der Waals surface area contributed by atoms with Gasteiger partial charge in [0.05, 0.1) is 5.65 Å². The van der Waals surface area contributed by atoms with Crippen molar-refractivity contribution in [3.63, 3.8) is 0 Å².